The number of nitrogens with zero attached hydrogens (tertiary/aromatic N) is 2. The second-order valence-corrected chi connectivity index (χ2v) is 13.1. The lowest BCUT2D eigenvalue weighted by Crippen LogP contribution is -2.39. The summed E-state index contributed by atoms with van der Waals surface area (Å²) in [7, 11) is -3.23. The Kier molecular flexibility index (Phi) is 9.14. The molecule has 1 atom stereocenters. The molecule has 2 aromatic rings. The number of amides is 3. The van der Waals surface area contributed by atoms with Crippen LogP contribution >= 0.6 is 24.0 Å². The van der Waals surface area contributed by atoms with Crippen molar-refractivity contribution in [2.45, 2.75) is 26.3 Å². The molecule has 3 aliphatic heterocycles. The number of carbonyl (C=O) groups excluding carboxylic acids is 3. The number of hydrogen-bond donors (Lipinski definition) is 2. The Morgan fingerprint density at radius 3 is 2.39 bits per heavy atom. The van der Waals surface area contributed by atoms with E-state index in [1.807, 2.05) is 6.92 Å². The maximum absolute atomic E-state index is 13.6. The second-order valence-electron chi connectivity index (χ2n) is 9.24. The zero-order chi connectivity index (χ0) is 29.9. The number of nitrogens with one attached hydrogen (secondary N) is 1. The number of thioether (sulfide) groups is 1. The molecule has 14 heteroatoms. The van der Waals surface area contributed by atoms with E-state index in [9.17, 15) is 22.8 Å². The number of ether oxygens (including phenoxy) is 1. The fraction of sp³-hybridized carbons (Fsp3) is 0.296. The van der Waals surface area contributed by atoms with Crippen molar-refractivity contribution in [1.82, 2.24) is 4.90 Å². The number of sulfone groups is 1. The number of hydrogen-bond acceptors (Lipinski definition) is 9. The van der Waals surface area contributed by atoms with Crippen molar-refractivity contribution in [1.29, 1.82) is 0 Å². The number of para-hydroxylation sites is 1. The van der Waals surface area contributed by atoms with Gasteiger partial charge >= 0.3 is 0 Å². The highest BCUT2D eigenvalue weighted by Crippen LogP contribution is 2.45. The number of thiocarbonyl (C=S) groups is 1. The van der Waals surface area contributed by atoms with Gasteiger partial charge in [-0.15, -0.1) is 0 Å². The van der Waals surface area contributed by atoms with E-state index in [0.29, 0.717) is 35.7 Å². The average Bonchev–Trinajstić information content (AvgIpc) is 3.50. The van der Waals surface area contributed by atoms with Crippen LogP contribution in [0.3, 0.4) is 0 Å². The maximum atomic E-state index is 13.6. The Morgan fingerprint density at radius 2 is 1.78 bits per heavy atom. The van der Waals surface area contributed by atoms with Gasteiger partial charge in [-0.2, -0.15) is 0 Å². The smallest absolute Gasteiger partial charge is 0.300 e. The quantitative estimate of drug-likeness (QED) is 0.366. The highest BCUT2D eigenvalue weighted by Gasteiger charge is 2.46. The Bertz CT molecular complexity index is 1550. The highest BCUT2D eigenvalue weighted by molar-refractivity contribution is 8.26. The van der Waals surface area contributed by atoms with Crippen molar-refractivity contribution >= 4 is 78.8 Å². The molecule has 2 saturated heterocycles. The molecule has 0 bridgehead atoms. The van der Waals surface area contributed by atoms with Crippen molar-refractivity contribution in [3.05, 3.63) is 59.0 Å². The molecule has 1 unspecified atom stereocenters. The van der Waals surface area contributed by atoms with Gasteiger partial charge in [-0.05, 0) is 43.7 Å². The zero-order valence-electron chi connectivity index (χ0n) is 22.2. The molecular weight excluding hydrogens is 591 g/mol. The van der Waals surface area contributed by atoms with Crippen LogP contribution < -0.4 is 15.0 Å². The third-order valence-electron chi connectivity index (χ3n) is 6.27. The molecule has 11 nitrogen and oxygen atoms in total. The van der Waals surface area contributed by atoms with Crippen molar-refractivity contribution in [3.8, 4) is 5.75 Å². The van der Waals surface area contributed by atoms with E-state index in [0.717, 1.165) is 18.7 Å². The van der Waals surface area contributed by atoms with Gasteiger partial charge < -0.3 is 15.2 Å². The standard InChI is InChI=1S/C25H23N3O6S3.C2H4O2/c1-2-34-17-9-7-15(8-10-17)26-20(29)13-27-19-6-4-3-5-18(19)21(23(27)30)22-24(31)28(25(35)36-22)16-11-12-37(32,33)14-16;1-2(3)4/h3-10,16H,2,11-14H2,1H3,(H,26,29);1H3,(H,3,4)/b22-21+;. The van der Waals surface area contributed by atoms with E-state index in [1.54, 1.807) is 48.5 Å². The number of carboxylic acid groups (broad SMARTS) is 1. The SMILES string of the molecule is CC(=O)O.CCOc1ccc(NC(=O)CN2C(=O)/C(=C3/SC(=S)N(C4CCS(=O)(=O)C4)C3=O)c3ccccc32)cc1. The number of carbonyl (C=O) groups is 4. The number of anilines is 2. The fourth-order valence-electron chi connectivity index (χ4n) is 4.63. The van der Waals surface area contributed by atoms with Gasteiger partial charge in [0.15, 0.2) is 9.84 Å². The van der Waals surface area contributed by atoms with Gasteiger partial charge in [-0.3, -0.25) is 29.0 Å². The van der Waals surface area contributed by atoms with Gasteiger partial charge in [0.2, 0.25) is 5.91 Å². The van der Waals surface area contributed by atoms with E-state index in [4.69, 9.17) is 26.9 Å². The summed E-state index contributed by atoms with van der Waals surface area (Å²) < 4.78 is 29.6. The summed E-state index contributed by atoms with van der Waals surface area (Å²) in [6, 6.07) is 13.3. The first-order valence-corrected chi connectivity index (χ1v) is 15.6. The summed E-state index contributed by atoms with van der Waals surface area (Å²) in [5, 5.41) is 10.2. The largest absolute Gasteiger partial charge is 0.494 e. The third-order valence-corrected chi connectivity index (χ3v) is 9.42. The topological polar surface area (TPSA) is 150 Å². The van der Waals surface area contributed by atoms with Crippen molar-refractivity contribution in [2.24, 2.45) is 0 Å². The van der Waals surface area contributed by atoms with Crippen LogP contribution in [0.5, 0.6) is 5.75 Å². The molecule has 2 fully saturated rings. The Hall–Kier alpha value is -3.75. The van der Waals surface area contributed by atoms with Crippen LogP contribution in [0, 0.1) is 0 Å². The molecule has 3 amide bonds. The van der Waals surface area contributed by atoms with E-state index in [-0.39, 0.29) is 32.8 Å². The maximum Gasteiger partial charge on any atom is 0.300 e. The minimum absolute atomic E-state index is 0.000357. The molecule has 0 radical (unpaired) electrons. The Balaban J connectivity index is 0.000000909. The summed E-state index contributed by atoms with van der Waals surface area (Å²) >= 11 is 6.41. The highest BCUT2D eigenvalue weighted by atomic mass is 32.2. The van der Waals surface area contributed by atoms with Gasteiger partial charge in [0.05, 0.1) is 40.3 Å². The molecule has 0 saturated carbocycles. The monoisotopic (exact) mass is 617 g/mol. The molecular formula is C27H27N3O8S3. The van der Waals surface area contributed by atoms with Gasteiger partial charge in [0.1, 0.15) is 16.6 Å². The van der Waals surface area contributed by atoms with Gasteiger partial charge in [-0.1, -0.05) is 42.2 Å². The fourth-order valence-corrected chi connectivity index (χ4v) is 7.80. The molecule has 0 spiro atoms. The first kappa shape index (κ1) is 30.2. The number of fused-ring (bicyclic) bond motifs is 1. The summed E-state index contributed by atoms with van der Waals surface area (Å²) in [6.07, 6.45) is 0.305. The van der Waals surface area contributed by atoms with Crippen LogP contribution in [0.4, 0.5) is 11.4 Å². The molecule has 0 aliphatic carbocycles. The van der Waals surface area contributed by atoms with E-state index >= 15 is 0 Å². The summed E-state index contributed by atoms with van der Waals surface area (Å²) in [4.78, 5) is 51.7. The number of benzene rings is 2. The van der Waals surface area contributed by atoms with E-state index in [2.05, 4.69) is 5.32 Å². The van der Waals surface area contributed by atoms with Crippen LogP contribution in [0.15, 0.2) is 53.4 Å². The summed E-state index contributed by atoms with van der Waals surface area (Å²) in [6.45, 7) is 3.24. The summed E-state index contributed by atoms with van der Waals surface area (Å²) in [5.41, 5.74) is 1.77. The lowest BCUT2D eigenvalue weighted by atomic mass is 10.1. The third kappa shape index (κ3) is 6.77. The minimum atomic E-state index is -3.23. The van der Waals surface area contributed by atoms with Gasteiger partial charge in [0.25, 0.3) is 17.8 Å². The first-order chi connectivity index (χ1) is 19.4. The van der Waals surface area contributed by atoms with Gasteiger partial charge in [-0.25, -0.2) is 8.42 Å². The van der Waals surface area contributed by atoms with Crippen LogP contribution in [-0.2, 0) is 29.0 Å². The summed E-state index contributed by atoms with van der Waals surface area (Å²) in [5.74, 6) is -1.67. The first-order valence-electron chi connectivity index (χ1n) is 12.6. The second kappa shape index (κ2) is 12.4. The van der Waals surface area contributed by atoms with Crippen LogP contribution in [0.25, 0.3) is 5.57 Å². The molecule has 3 heterocycles. The lowest BCUT2D eigenvalue weighted by Gasteiger charge is -2.21. The predicted molar refractivity (Wildman–Crippen MR) is 159 cm³/mol. The number of aliphatic carboxylic acids is 1. The predicted octanol–water partition coefficient (Wildman–Crippen LogP) is 2.92. The molecule has 3 aliphatic rings. The van der Waals surface area contributed by atoms with Crippen molar-refractivity contribution in [2.75, 3.05) is 34.9 Å². The lowest BCUT2D eigenvalue weighted by molar-refractivity contribution is -0.134. The molecule has 216 valence electrons. The minimum Gasteiger partial charge on any atom is -0.494 e. The number of carboxylic acids is 1. The van der Waals surface area contributed by atoms with Crippen molar-refractivity contribution in [3.63, 3.8) is 0 Å². The zero-order valence-corrected chi connectivity index (χ0v) is 24.6. The van der Waals surface area contributed by atoms with Crippen LogP contribution in [0.1, 0.15) is 25.8 Å². The molecule has 41 heavy (non-hydrogen) atoms. The Labute approximate surface area is 246 Å². The van der Waals surface area contributed by atoms with Crippen LogP contribution in [-0.4, -0.2) is 77.1 Å². The normalized spacial score (nSPS) is 20.9. The number of rotatable bonds is 6. The molecule has 0 aromatic heterocycles. The molecule has 2 aromatic carbocycles. The van der Waals surface area contributed by atoms with Gasteiger partial charge in [0, 0.05) is 18.2 Å². The molecule has 5 rings (SSSR count). The molecule has 2 N–H and O–H groups in total. The van der Waals surface area contributed by atoms with E-state index < -0.39 is 39.6 Å². The Morgan fingerprint density at radius 1 is 1.12 bits per heavy atom. The van der Waals surface area contributed by atoms with Crippen molar-refractivity contribution < 1.29 is 37.4 Å². The van der Waals surface area contributed by atoms with E-state index in [1.165, 1.54) is 9.80 Å². The average molecular weight is 618 g/mol. The van der Waals surface area contributed by atoms with Crippen LogP contribution in [0.2, 0.25) is 0 Å².